The first-order chi connectivity index (χ1) is 12.0. The van der Waals surface area contributed by atoms with Crippen LogP contribution in [-0.2, 0) is 9.53 Å². The van der Waals surface area contributed by atoms with Gasteiger partial charge >= 0.3 is 5.97 Å². The lowest BCUT2D eigenvalue weighted by Gasteiger charge is -2.07. The van der Waals surface area contributed by atoms with Gasteiger partial charge in [-0.3, -0.25) is 9.59 Å². The number of ether oxygens (including phenoxy) is 1. The molecule has 2 aromatic rings. The highest BCUT2D eigenvalue weighted by Crippen LogP contribution is 2.13. The van der Waals surface area contributed by atoms with E-state index in [0.29, 0.717) is 28.3 Å². The SMILES string of the molecule is CCCC(=O)Nc1ccc(C(=O)COC(=O)c2ccc(Cl)cc2)cc1. The zero-order valence-corrected chi connectivity index (χ0v) is 14.5. The molecule has 0 saturated carbocycles. The number of rotatable bonds is 7. The van der Waals surface area contributed by atoms with Crippen LogP contribution in [0.25, 0.3) is 0 Å². The summed E-state index contributed by atoms with van der Waals surface area (Å²) in [6, 6.07) is 12.7. The lowest BCUT2D eigenvalue weighted by molar-refractivity contribution is -0.116. The maximum Gasteiger partial charge on any atom is 0.338 e. The summed E-state index contributed by atoms with van der Waals surface area (Å²) in [5, 5.41) is 3.25. The van der Waals surface area contributed by atoms with Crippen LogP contribution in [0.15, 0.2) is 48.5 Å². The predicted octanol–water partition coefficient (Wildman–Crippen LogP) is 4.12. The Hall–Kier alpha value is -2.66. The summed E-state index contributed by atoms with van der Waals surface area (Å²) in [6.45, 7) is 1.57. The molecule has 2 rings (SSSR count). The molecule has 0 spiro atoms. The Kier molecular flexibility index (Phi) is 6.71. The predicted molar refractivity (Wildman–Crippen MR) is 96.0 cm³/mol. The molecular formula is C19H18ClNO4. The van der Waals surface area contributed by atoms with Gasteiger partial charge in [-0.15, -0.1) is 0 Å². The number of carbonyl (C=O) groups excluding carboxylic acids is 3. The van der Waals surface area contributed by atoms with E-state index >= 15 is 0 Å². The van der Waals surface area contributed by atoms with Crippen LogP contribution in [0.2, 0.25) is 5.02 Å². The second-order valence-electron chi connectivity index (χ2n) is 5.38. The van der Waals surface area contributed by atoms with Crippen LogP contribution in [0, 0.1) is 0 Å². The molecule has 0 radical (unpaired) electrons. The number of hydrogen-bond donors (Lipinski definition) is 1. The van der Waals surface area contributed by atoms with Crippen LogP contribution in [0.5, 0.6) is 0 Å². The molecule has 5 nitrogen and oxygen atoms in total. The molecular weight excluding hydrogens is 342 g/mol. The number of esters is 1. The van der Waals surface area contributed by atoms with Crippen molar-refractivity contribution < 1.29 is 19.1 Å². The van der Waals surface area contributed by atoms with E-state index in [4.69, 9.17) is 16.3 Å². The largest absolute Gasteiger partial charge is 0.454 e. The molecule has 0 saturated heterocycles. The fourth-order valence-corrected chi connectivity index (χ4v) is 2.20. The van der Waals surface area contributed by atoms with Crippen LogP contribution in [0.4, 0.5) is 5.69 Å². The molecule has 0 atom stereocenters. The molecule has 0 aliphatic rings. The van der Waals surface area contributed by atoms with E-state index in [2.05, 4.69) is 5.32 Å². The van der Waals surface area contributed by atoms with E-state index in [0.717, 1.165) is 6.42 Å². The van der Waals surface area contributed by atoms with Gasteiger partial charge < -0.3 is 10.1 Å². The van der Waals surface area contributed by atoms with Crippen molar-refractivity contribution in [2.24, 2.45) is 0 Å². The molecule has 0 aliphatic carbocycles. The number of anilines is 1. The van der Waals surface area contributed by atoms with Crippen molar-refractivity contribution in [1.82, 2.24) is 0 Å². The van der Waals surface area contributed by atoms with Gasteiger partial charge in [0, 0.05) is 22.7 Å². The summed E-state index contributed by atoms with van der Waals surface area (Å²) in [6.07, 6.45) is 1.21. The molecule has 0 aromatic heterocycles. The van der Waals surface area contributed by atoms with Crippen molar-refractivity contribution in [3.8, 4) is 0 Å². The van der Waals surface area contributed by atoms with Crippen molar-refractivity contribution in [2.75, 3.05) is 11.9 Å². The first-order valence-corrected chi connectivity index (χ1v) is 8.23. The van der Waals surface area contributed by atoms with Gasteiger partial charge in [0.05, 0.1) is 5.56 Å². The number of nitrogens with one attached hydrogen (secondary N) is 1. The maximum atomic E-state index is 12.1. The van der Waals surface area contributed by atoms with Gasteiger partial charge in [-0.2, -0.15) is 0 Å². The number of amides is 1. The highest BCUT2D eigenvalue weighted by Gasteiger charge is 2.12. The van der Waals surface area contributed by atoms with Crippen molar-refractivity contribution in [2.45, 2.75) is 19.8 Å². The number of Topliss-reactive ketones (excluding diaryl/α,β-unsaturated/α-hetero) is 1. The smallest absolute Gasteiger partial charge is 0.338 e. The van der Waals surface area contributed by atoms with Crippen LogP contribution in [0.1, 0.15) is 40.5 Å². The van der Waals surface area contributed by atoms with Gasteiger partial charge in [-0.05, 0) is 55.0 Å². The molecule has 0 heterocycles. The lowest BCUT2D eigenvalue weighted by Crippen LogP contribution is -2.14. The summed E-state index contributed by atoms with van der Waals surface area (Å²) >= 11 is 5.75. The van der Waals surface area contributed by atoms with Gasteiger partial charge in [-0.25, -0.2) is 4.79 Å². The molecule has 2 aromatic carbocycles. The minimum absolute atomic E-state index is 0.0709. The Balaban J connectivity index is 1.89. The molecule has 6 heteroatoms. The van der Waals surface area contributed by atoms with Crippen molar-refractivity contribution in [3.63, 3.8) is 0 Å². The summed E-state index contributed by atoms with van der Waals surface area (Å²) < 4.78 is 5.01. The molecule has 130 valence electrons. The third kappa shape index (κ3) is 5.72. The van der Waals surface area contributed by atoms with E-state index < -0.39 is 5.97 Å². The Bertz CT molecular complexity index is 754. The fourth-order valence-electron chi connectivity index (χ4n) is 2.07. The highest BCUT2D eigenvalue weighted by atomic mass is 35.5. The number of ketones is 1. The zero-order valence-electron chi connectivity index (χ0n) is 13.8. The molecule has 0 bridgehead atoms. The van der Waals surface area contributed by atoms with Crippen molar-refractivity contribution in [3.05, 3.63) is 64.7 Å². The molecule has 25 heavy (non-hydrogen) atoms. The molecule has 0 unspecified atom stereocenters. The third-order valence-corrected chi connectivity index (χ3v) is 3.63. The van der Waals surface area contributed by atoms with Crippen LogP contribution < -0.4 is 5.32 Å². The summed E-state index contributed by atoms with van der Waals surface area (Å²) in [5.41, 5.74) is 1.34. The van der Waals surface area contributed by atoms with Gasteiger partial charge in [0.1, 0.15) is 0 Å². The molecule has 1 N–H and O–H groups in total. The number of benzene rings is 2. The number of hydrogen-bond acceptors (Lipinski definition) is 4. The van der Waals surface area contributed by atoms with E-state index in [1.165, 1.54) is 12.1 Å². The second kappa shape index (κ2) is 8.99. The summed E-state index contributed by atoms with van der Waals surface area (Å²) in [5.74, 6) is -0.985. The maximum absolute atomic E-state index is 12.1. The Morgan fingerprint density at radius 2 is 1.56 bits per heavy atom. The van der Waals surface area contributed by atoms with Gasteiger partial charge in [-0.1, -0.05) is 18.5 Å². The quantitative estimate of drug-likeness (QED) is 0.596. The van der Waals surface area contributed by atoms with E-state index in [9.17, 15) is 14.4 Å². The average Bonchev–Trinajstić information content (AvgIpc) is 2.61. The molecule has 0 fully saturated rings. The van der Waals surface area contributed by atoms with Crippen LogP contribution in [-0.4, -0.2) is 24.3 Å². The Morgan fingerprint density at radius 1 is 0.960 bits per heavy atom. The van der Waals surface area contributed by atoms with Gasteiger partial charge in [0.15, 0.2) is 12.4 Å². The number of carbonyl (C=O) groups is 3. The summed E-state index contributed by atoms with van der Waals surface area (Å²) in [7, 11) is 0. The van der Waals surface area contributed by atoms with Crippen molar-refractivity contribution >= 4 is 34.9 Å². The van der Waals surface area contributed by atoms with Crippen molar-refractivity contribution in [1.29, 1.82) is 0 Å². The lowest BCUT2D eigenvalue weighted by atomic mass is 10.1. The Labute approximate surface area is 150 Å². The minimum atomic E-state index is -0.589. The van der Waals surface area contributed by atoms with E-state index in [1.807, 2.05) is 6.92 Å². The van der Waals surface area contributed by atoms with Crippen LogP contribution >= 0.6 is 11.6 Å². The minimum Gasteiger partial charge on any atom is -0.454 e. The monoisotopic (exact) mass is 359 g/mol. The molecule has 0 aliphatic heterocycles. The van der Waals surface area contributed by atoms with E-state index in [1.54, 1.807) is 36.4 Å². The number of halogens is 1. The first-order valence-electron chi connectivity index (χ1n) is 7.85. The normalized spacial score (nSPS) is 10.2. The third-order valence-electron chi connectivity index (χ3n) is 3.38. The zero-order chi connectivity index (χ0) is 18.2. The van der Waals surface area contributed by atoms with E-state index in [-0.39, 0.29) is 18.3 Å². The first kappa shape index (κ1) is 18.7. The Morgan fingerprint density at radius 3 is 2.16 bits per heavy atom. The topological polar surface area (TPSA) is 72.5 Å². The average molecular weight is 360 g/mol. The standard InChI is InChI=1S/C19H18ClNO4/c1-2-3-18(23)21-16-10-6-13(7-11-16)17(22)12-25-19(24)14-4-8-15(20)9-5-14/h4-11H,2-3,12H2,1H3,(H,21,23). The van der Waals surface area contributed by atoms with Crippen LogP contribution in [0.3, 0.4) is 0 Å². The summed E-state index contributed by atoms with van der Waals surface area (Å²) in [4.78, 5) is 35.5. The molecule has 1 amide bonds. The van der Waals surface area contributed by atoms with Gasteiger partial charge in [0.2, 0.25) is 5.91 Å². The highest BCUT2D eigenvalue weighted by molar-refractivity contribution is 6.30. The fraction of sp³-hybridized carbons (Fsp3) is 0.211. The second-order valence-corrected chi connectivity index (χ2v) is 5.82. The van der Waals surface area contributed by atoms with Gasteiger partial charge in [0.25, 0.3) is 0 Å².